The minimum atomic E-state index is -0.893. The average molecular weight is 321 g/mol. The third kappa shape index (κ3) is 3.53. The molecule has 1 aromatic heterocycles. The molecule has 0 N–H and O–H groups in total. The second kappa shape index (κ2) is 6.41. The molecule has 1 aliphatic rings. The molecule has 0 atom stereocenters. The number of rotatable bonds is 4. The predicted molar refractivity (Wildman–Crippen MR) is 78.1 cm³/mol. The van der Waals surface area contributed by atoms with E-state index >= 15 is 0 Å². The van der Waals surface area contributed by atoms with Crippen molar-refractivity contribution in [3.8, 4) is 0 Å². The number of aromatic nitrogens is 3. The van der Waals surface area contributed by atoms with Gasteiger partial charge in [-0.3, -0.25) is 14.4 Å². The van der Waals surface area contributed by atoms with E-state index in [2.05, 4.69) is 10.1 Å². The molecule has 23 heavy (non-hydrogen) atoms. The second-order valence-electron chi connectivity index (χ2n) is 5.57. The summed E-state index contributed by atoms with van der Waals surface area (Å²) in [5.74, 6) is -1.01. The fourth-order valence-corrected chi connectivity index (χ4v) is 2.58. The Hall–Kier alpha value is -2.35. The Kier molecular flexibility index (Phi) is 4.33. The summed E-state index contributed by atoms with van der Waals surface area (Å²) in [5.41, 5.74) is 0.582. The fraction of sp³-hybridized carbons (Fsp3) is 0.400. The van der Waals surface area contributed by atoms with Crippen LogP contribution < -0.4 is 0 Å². The van der Waals surface area contributed by atoms with Crippen LogP contribution in [0.3, 0.4) is 0 Å². The van der Waals surface area contributed by atoms with Gasteiger partial charge >= 0.3 is 0 Å². The maximum absolute atomic E-state index is 13.2. The number of halogens is 2. The summed E-state index contributed by atoms with van der Waals surface area (Å²) >= 11 is 0. The monoisotopic (exact) mass is 321 g/mol. The zero-order valence-corrected chi connectivity index (χ0v) is 12.7. The second-order valence-corrected chi connectivity index (χ2v) is 5.57. The van der Waals surface area contributed by atoms with Crippen molar-refractivity contribution < 1.29 is 13.6 Å². The highest BCUT2D eigenvalue weighted by molar-refractivity contribution is 5.79. The first kappa shape index (κ1) is 15.5. The van der Waals surface area contributed by atoms with E-state index in [0.717, 1.165) is 18.0 Å². The van der Waals surface area contributed by atoms with Crippen molar-refractivity contribution in [2.75, 3.05) is 19.6 Å². The maximum atomic E-state index is 13.2. The van der Waals surface area contributed by atoms with Gasteiger partial charge in [-0.2, -0.15) is 5.10 Å². The van der Waals surface area contributed by atoms with Crippen molar-refractivity contribution >= 4 is 5.91 Å². The van der Waals surface area contributed by atoms with Gasteiger partial charge in [-0.1, -0.05) is 6.07 Å². The Morgan fingerprint density at radius 2 is 2.00 bits per heavy atom. The van der Waals surface area contributed by atoms with Crippen molar-refractivity contribution in [1.82, 2.24) is 24.6 Å². The zero-order valence-electron chi connectivity index (χ0n) is 12.7. The van der Waals surface area contributed by atoms with Gasteiger partial charge in [0.25, 0.3) is 0 Å². The lowest BCUT2D eigenvalue weighted by Gasteiger charge is -2.34. The molecule has 0 aliphatic carbocycles. The van der Waals surface area contributed by atoms with Gasteiger partial charge in [-0.25, -0.2) is 13.8 Å². The summed E-state index contributed by atoms with van der Waals surface area (Å²) in [6.45, 7) is 2.35. The number of nitrogens with zero attached hydrogens (tertiary/aromatic N) is 5. The molecular formula is C15H17F2N5O. The standard InChI is InChI=1S/C15H17F2N5O/c1-20-14(18-10-19-20)8-21-4-5-22(15(23)9-21)7-11-2-3-12(16)13(17)6-11/h2-3,6,10H,4-5,7-9H2,1H3. The lowest BCUT2D eigenvalue weighted by atomic mass is 10.2. The largest absolute Gasteiger partial charge is 0.336 e. The van der Waals surface area contributed by atoms with Crippen LogP contribution in [-0.4, -0.2) is 50.1 Å². The molecule has 1 saturated heterocycles. The van der Waals surface area contributed by atoms with Crippen molar-refractivity contribution in [1.29, 1.82) is 0 Å². The zero-order chi connectivity index (χ0) is 16.4. The van der Waals surface area contributed by atoms with E-state index in [1.165, 1.54) is 12.4 Å². The van der Waals surface area contributed by atoms with Crippen molar-refractivity contribution in [2.45, 2.75) is 13.1 Å². The van der Waals surface area contributed by atoms with Gasteiger partial charge in [0.15, 0.2) is 11.6 Å². The van der Waals surface area contributed by atoms with Gasteiger partial charge in [-0.05, 0) is 17.7 Å². The Balaban J connectivity index is 1.59. The quantitative estimate of drug-likeness (QED) is 0.841. The Labute approximate surface area is 132 Å². The van der Waals surface area contributed by atoms with Crippen LogP contribution >= 0.6 is 0 Å². The number of amides is 1. The minimum absolute atomic E-state index is 0.0387. The van der Waals surface area contributed by atoms with Crippen molar-refractivity contribution in [2.24, 2.45) is 7.05 Å². The highest BCUT2D eigenvalue weighted by atomic mass is 19.2. The molecule has 0 saturated carbocycles. The molecule has 0 spiro atoms. The number of carbonyl (C=O) groups is 1. The normalized spacial score (nSPS) is 16.1. The SMILES string of the molecule is Cn1ncnc1CN1CCN(Cc2ccc(F)c(F)c2)C(=O)C1. The van der Waals surface area contributed by atoms with E-state index in [-0.39, 0.29) is 19.0 Å². The molecule has 1 aliphatic heterocycles. The molecule has 0 unspecified atom stereocenters. The molecular weight excluding hydrogens is 304 g/mol. The van der Waals surface area contributed by atoms with Gasteiger partial charge in [0.2, 0.25) is 5.91 Å². The molecule has 1 aromatic carbocycles. The Morgan fingerprint density at radius 3 is 2.65 bits per heavy atom. The van der Waals surface area contributed by atoms with Crippen molar-refractivity contribution in [3.63, 3.8) is 0 Å². The molecule has 0 bridgehead atoms. The molecule has 6 nitrogen and oxygen atoms in total. The lowest BCUT2D eigenvalue weighted by molar-refractivity contribution is -0.136. The smallest absolute Gasteiger partial charge is 0.237 e. The summed E-state index contributed by atoms with van der Waals surface area (Å²) in [6.07, 6.45) is 1.48. The molecule has 1 amide bonds. The van der Waals surface area contributed by atoms with E-state index in [4.69, 9.17) is 0 Å². The predicted octanol–water partition coefficient (Wildman–Crippen LogP) is 0.938. The summed E-state index contributed by atoms with van der Waals surface area (Å²) in [7, 11) is 1.81. The van der Waals surface area contributed by atoms with Crippen molar-refractivity contribution in [3.05, 3.63) is 47.5 Å². The number of piperazine rings is 1. The van der Waals surface area contributed by atoms with Crippen LogP contribution in [0.5, 0.6) is 0 Å². The Bertz CT molecular complexity index is 718. The van der Waals surface area contributed by atoms with E-state index in [0.29, 0.717) is 25.2 Å². The first-order chi connectivity index (χ1) is 11.0. The first-order valence-electron chi connectivity index (χ1n) is 7.30. The van der Waals surface area contributed by atoms with Gasteiger partial charge in [0, 0.05) is 26.7 Å². The molecule has 122 valence electrons. The first-order valence-corrected chi connectivity index (χ1v) is 7.30. The van der Waals surface area contributed by atoms with E-state index in [1.807, 2.05) is 11.9 Å². The maximum Gasteiger partial charge on any atom is 0.237 e. The topological polar surface area (TPSA) is 54.3 Å². The summed E-state index contributed by atoms with van der Waals surface area (Å²) < 4.78 is 27.9. The third-order valence-electron chi connectivity index (χ3n) is 3.93. The van der Waals surface area contributed by atoms with Crippen LogP contribution in [0.4, 0.5) is 8.78 Å². The highest BCUT2D eigenvalue weighted by Crippen LogP contribution is 2.14. The van der Waals surface area contributed by atoms with Crippen LogP contribution in [-0.2, 0) is 24.9 Å². The Morgan fingerprint density at radius 1 is 1.17 bits per heavy atom. The van der Waals surface area contributed by atoms with Crippen LogP contribution in [0.25, 0.3) is 0 Å². The summed E-state index contributed by atoms with van der Waals surface area (Å²) in [5, 5.41) is 4.00. The third-order valence-corrected chi connectivity index (χ3v) is 3.93. The van der Waals surface area contributed by atoms with E-state index in [1.54, 1.807) is 9.58 Å². The van der Waals surface area contributed by atoms with Gasteiger partial charge in [0.1, 0.15) is 12.2 Å². The number of hydrogen-bond acceptors (Lipinski definition) is 4. The molecule has 1 fully saturated rings. The van der Waals surface area contributed by atoms with Gasteiger partial charge < -0.3 is 4.90 Å². The summed E-state index contributed by atoms with van der Waals surface area (Å²) in [4.78, 5) is 20.0. The van der Waals surface area contributed by atoms with Crippen LogP contribution in [0.15, 0.2) is 24.5 Å². The summed E-state index contributed by atoms with van der Waals surface area (Å²) in [6, 6.07) is 3.71. The highest BCUT2D eigenvalue weighted by Gasteiger charge is 2.25. The van der Waals surface area contributed by atoms with Crippen LogP contribution in [0.1, 0.15) is 11.4 Å². The minimum Gasteiger partial charge on any atom is -0.336 e. The van der Waals surface area contributed by atoms with E-state index in [9.17, 15) is 13.6 Å². The number of carbonyl (C=O) groups excluding carboxylic acids is 1. The lowest BCUT2D eigenvalue weighted by Crippen LogP contribution is -2.49. The van der Waals surface area contributed by atoms with Crippen LogP contribution in [0.2, 0.25) is 0 Å². The average Bonchev–Trinajstić information content (AvgIpc) is 2.91. The molecule has 2 heterocycles. The van der Waals surface area contributed by atoms with Gasteiger partial charge in [0.05, 0.1) is 13.1 Å². The number of benzene rings is 1. The van der Waals surface area contributed by atoms with Crippen LogP contribution in [0, 0.1) is 11.6 Å². The number of hydrogen-bond donors (Lipinski definition) is 0. The van der Waals surface area contributed by atoms with E-state index < -0.39 is 11.6 Å². The molecule has 0 radical (unpaired) electrons. The molecule has 8 heteroatoms. The fourth-order valence-electron chi connectivity index (χ4n) is 2.58. The number of aryl methyl sites for hydroxylation is 1. The van der Waals surface area contributed by atoms with Gasteiger partial charge in [-0.15, -0.1) is 0 Å². The molecule has 3 rings (SSSR count). The molecule has 2 aromatic rings.